The molecule has 2 N–H and O–H groups in total. The molecule has 10 heteroatoms. The summed E-state index contributed by atoms with van der Waals surface area (Å²) < 4.78 is 29.8. The minimum atomic E-state index is -3.93. The van der Waals surface area contributed by atoms with E-state index in [4.69, 9.17) is 4.42 Å². The number of furan rings is 1. The molecule has 0 bridgehead atoms. The van der Waals surface area contributed by atoms with Gasteiger partial charge in [0.2, 0.25) is 0 Å². The van der Waals surface area contributed by atoms with E-state index in [-0.39, 0.29) is 16.3 Å². The Hall–Kier alpha value is -3.50. The van der Waals surface area contributed by atoms with Gasteiger partial charge in [0.25, 0.3) is 15.7 Å². The van der Waals surface area contributed by atoms with Crippen molar-refractivity contribution in [2.75, 3.05) is 0 Å². The number of sulfonamides is 1. The molecule has 1 heterocycles. The average Bonchev–Trinajstić information content (AvgIpc) is 3.17. The molecular formula is C18H15N3O6S. The Bertz CT molecular complexity index is 1120. The largest absolute Gasteiger partial charge is 0.451 e. The van der Waals surface area contributed by atoms with Gasteiger partial charge in [-0.3, -0.25) is 20.3 Å². The van der Waals surface area contributed by atoms with Crippen LogP contribution in [0.4, 0.5) is 5.69 Å². The molecule has 0 unspecified atom stereocenters. The van der Waals surface area contributed by atoms with Gasteiger partial charge in [0.05, 0.1) is 9.82 Å². The smallest absolute Gasteiger partial charge is 0.301 e. The molecule has 0 saturated carbocycles. The summed E-state index contributed by atoms with van der Waals surface area (Å²) >= 11 is 0. The van der Waals surface area contributed by atoms with Crippen molar-refractivity contribution in [3.63, 3.8) is 0 Å². The van der Waals surface area contributed by atoms with Crippen molar-refractivity contribution < 1.29 is 22.6 Å². The summed E-state index contributed by atoms with van der Waals surface area (Å²) in [4.78, 5) is 24.3. The number of rotatable bonds is 6. The predicted octanol–water partition coefficient (Wildman–Crippen LogP) is 2.79. The van der Waals surface area contributed by atoms with Crippen LogP contribution < -0.4 is 10.3 Å². The number of benzene rings is 2. The summed E-state index contributed by atoms with van der Waals surface area (Å²) in [6.45, 7) is 1.82. The van der Waals surface area contributed by atoms with Gasteiger partial charge in [-0.15, -0.1) is 4.83 Å². The first-order valence-electron chi connectivity index (χ1n) is 8.00. The van der Waals surface area contributed by atoms with Gasteiger partial charge in [0, 0.05) is 17.7 Å². The number of carbonyl (C=O) groups is 1. The van der Waals surface area contributed by atoms with Crippen molar-refractivity contribution in [1.29, 1.82) is 0 Å². The van der Waals surface area contributed by atoms with Crippen molar-refractivity contribution in [3.05, 3.63) is 82.1 Å². The Balaban J connectivity index is 1.68. The zero-order valence-electron chi connectivity index (χ0n) is 14.6. The van der Waals surface area contributed by atoms with Crippen LogP contribution in [-0.2, 0) is 10.0 Å². The Labute approximate surface area is 160 Å². The number of nitro groups is 1. The van der Waals surface area contributed by atoms with E-state index in [9.17, 15) is 23.3 Å². The fraction of sp³-hybridized carbons (Fsp3) is 0.0556. The Kier molecular flexibility index (Phi) is 5.25. The highest BCUT2D eigenvalue weighted by molar-refractivity contribution is 7.89. The molecule has 0 radical (unpaired) electrons. The lowest BCUT2D eigenvalue weighted by Crippen LogP contribution is -2.41. The quantitative estimate of drug-likeness (QED) is 0.482. The standard InChI is InChI=1S/C18H15N3O6S/c1-12-2-8-15(9-3-12)28(25,26)20-19-18(22)17-11-10-16(27-17)13-4-6-14(7-5-13)21(23)24/h2-11,20H,1H3,(H,19,22). The molecule has 0 aliphatic rings. The Morgan fingerprint density at radius 3 is 2.25 bits per heavy atom. The van der Waals surface area contributed by atoms with E-state index in [0.717, 1.165) is 5.56 Å². The summed E-state index contributed by atoms with van der Waals surface area (Å²) in [6, 6.07) is 14.6. The normalized spacial score (nSPS) is 11.2. The van der Waals surface area contributed by atoms with E-state index in [2.05, 4.69) is 5.43 Å². The fourth-order valence-corrected chi connectivity index (χ4v) is 3.15. The van der Waals surface area contributed by atoms with Gasteiger partial charge in [0.15, 0.2) is 5.76 Å². The van der Waals surface area contributed by atoms with Crippen LogP contribution in [-0.4, -0.2) is 19.2 Å². The number of non-ortho nitro benzene ring substituents is 1. The molecule has 2 aromatic carbocycles. The number of hydrogen-bond acceptors (Lipinski definition) is 6. The molecule has 1 amide bonds. The molecule has 1 aromatic heterocycles. The molecule has 0 aliphatic heterocycles. The second-order valence-electron chi connectivity index (χ2n) is 5.84. The summed E-state index contributed by atoms with van der Waals surface area (Å²) in [5.74, 6) is -0.606. The minimum Gasteiger partial charge on any atom is -0.451 e. The molecule has 0 saturated heterocycles. The van der Waals surface area contributed by atoms with Gasteiger partial charge in [-0.25, -0.2) is 8.42 Å². The molecule has 0 atom stereocenters. The molecule has 9 nitrogen and oxygen atoms in total. The summed E-state index contributed by atoms with van der Waals surface area (Å²) in [6.07, 6.45) is 0. The maximum Gasteiger partial charge on any atom is 0.301 e. The topological polar surface area (TPSA) is 132 Å². The van der Waals surface area contributed by atoms with Gasteiger partial charge in [-0.2, -0.15) is 0 Å². The summed E-state index contributed by atoms with van der Waals surface area (Å²) in [5.41, 5.74) is 3.44. The lowest BCUT2D eigenvalue weighted by Gasteiger charge is -2.07. The van der Waals surface area contributed by atoms with Crippen molar-refractivity contribution in [2.45, 2.75) is 11.8 Å². The third kappa shape index (κ3) is 4.24. The third-order valence-corrected chi connectivity index (χ3v) is 5.09. The van der Waals surface area contributed by atoms with Crippen LogP contribution in [0.15, 0.2) is 70.0 Å². The van der Waals surface area contributed by atoms with E-state index >= 15 is 0 Å². The highest BCUT2D eigenvalue weighted by Gasteiger charge is 2.18. The zero-order chi connectivity index (χ0) is 20.3. The molecule has 0 spiro atoms. The fourth-order valence-electron chi connectivity index (χ4n) is 2.31. The van der Waals surface area contributed by atoms with Crippen LogP contribution in [0.1, 0.15) is 16.1 Å². The zero-order valence-corrected chi connectivity index (χ0v) is 15.4. The SMILES string of the molecule is Cc1ccc(S(=O)(=O)NNC(=O)c2ccc(-c3ccc([N+](=O)[O-])cc3)o2)cc1. The van der Waals surface area contributed by atoms with Crippen molar-refractivity contribution in [2.24, 2.45) is 0 Å². The number of nitrogens with zero attached hydrogens (tertiary/aromatic N) is 1. The van der Waals surface area contributed by atoms with Crippen LogP contribution in [0.2, 0.25) is 0 Å². The van der Waals surface area contributed by atoms with Crippen LogP contribution in [0.5, 0.6) is 0 Å². The highest BCUT2D eigenvalue weighted by atomic mass is 32.2. The van der Waals surface area contributed by atoms with Crippen molar-refractivity contribution in [3.8, 4) is 11.3 Å². The van der Waals surface area contributed by atoms with E-state index in [1.165, 1.54) is 48.5 Å². The number of hydrazine groups is 1. The molecule has 3 rings (SSSR count). The highest BCUT2D eigenvalue weighted by Crippen LogP contribution is 2.24. The van der Waals surface area contributed by atoms with Crippen LogP contribution in [0, 0.1) is 17.0 Å². The Morgan fingerprint density at radius 1 is 1.00 bits per heavy atom. The van der Waals surface area contributed by atoms with Crippen LogP contribution in [0.25, 0.3) is 11.3 Å². The lowest BCUT2D eigenvalue weighted by molar-refractivity contribution is -0.384. The Morgan fingerprint density at radius 2 is 1.64 bits per heavy atom. The first kappa shape index (κ1) is 19.3. The van der Waals surface area contributed by atoms with Crippen molar-refractivity contribution in [1.82, 2.24) is 10.3 Å². The molecule has 3 aromatic rings. The van der Waals surface area contributed by atoms with Crippen molar-refractivity contribution >= 4 is 21.6 Å². The van der Waals surface area contributed by atoms with Gasteiger partial charge in [0.1, 0.15) is 5.76 Å². The number of amides is 1. The number of nitro benzene ring substituents is 1. The van der Waals surface area contributed by atoms with Gasteiger partial charge >= 0.3 is 5.91 Å². The molecular weight excluding hydrogens is 386 g/mol. The van der Waals surface area contributed by atoms with E-state index in [1.54, 1.807) is 12.1 Å². The average molecular weight is 401 g/mol. The number of hydrogen-bond donors (Lipinski definition) is 2. The first-order chi connectivity index (χ1) is 13.3. The van der Waals surface area contributed by atoms with Gasteiger partial charge < -0.3 is 4.42 Å². The molecule has 0 aliphatic carbocycles. The van der Waals surface area contributed by atoms with Crippen LogP contribution >= 0.6 is 0 Å². The lowest BCUT2D eigenvalue weighted by atomic mass is 10.1. The van der Waals surface area contributed by atoms with Crippen LogP contribution in [0.3, 0.4) is 0 Å². The van der Waals surface area contributed by atoms with Gasteiger partial charge in [-0.1, -0.05) is 17.7 Å². The van der Waals surface area contributed by atoms with E-state index in [1.807, 2.05) is 11.8 Å². The maximum absolute atomic E-state index is 12.2. The second kappa shape index (κ2) is 7.62. The maximum atomic E-state index is 12.2. The third-order valence-electron chi connectivity index (χ3n) is 3.82. The number of aryl methyl sites for hydroxylation is 1. The monoisotopic (exact) mass is 401 g/mol. The minimum absolute atomic E-state index is 0.00409. The van der Waals surface area contributed by atoms with E-state index in [0.29, 0.717) is 11.3 Å². The summed E-state index contributed by atoms with van der Waals surface area (Å²) in [5, 5.41) is 10.7. The summed E-state index contributed by atoms with van der Waals surface area (Å²) in [7, 11) is -3.93. The number of carbonyl (C=O) groups excluding carboxylic acids is 1. The molecule has 28 heavy (non-hydrogen) atoms. The second-order valence-corrected chi connectivity index (χ2v) is 7.52. The molecule has 144 valence electrons. The van der Waals surface area contributed by atoms with Gasteiger partial charge in [-0.05, 0) is 43.3 Å². The first-order valence-corrected chi connectivity index (χ1v) is 9.48. The number of nitrogens with one attached hydrogen (secondary N) is 2. The predicted molar refractivity (Wildman–Crippen MR) is 99.8 cm³/mol. The van der Waals surface area contributed by atoms with E-state index < -0.39 is 20.9 Å². The molecule has 0 fully saturated rings.